The van der Waals surface area contributed by atoms with E-state index in [4.69, 9.17) is 9.47 Å². The van der Waals surface area contributed by atoms with Crippen LogP contribution in [0.1, 0.15) is 39.5 Å². The fourth-order valence-corrected chi connectivity index (χ4v) is 6.00. The van der Waals surface area contributed by atoms with Gasteiger partial charge in [-0.1, -0.05) is 61.5 Å². The molecule has 4 aromatic rings. The molecule has 1 aromatic heterocycles. The molecule has 7 nitrogen and oxygen atoms in total. The van der Waals surface area contributed by atoms with Crippen molar-refractivity contribution in [2.75, 3.05) is 18.1 Å². The van der Waals surface area contributed by atoms with E-state index < -0.39 is 23.5 Å². The van der Waals surface area contributed by atoms with E-state index >= 15 is 0 Å². The lowest BCUT2D eigenvalue weighted by molar-refractivity contribution is -0.117. The third-order valence-electron chi connectivity index (χ3n) is 6.98. The summed E-state index contributed by atoms with van der Waals surface area (Å²) < 4.78 is 11.4. The van der Waals surface area contributed by atoms with E-state index in [1.165, 1.54) is 16.2 Å². The number of benzene rings is 3. The zero-order valence-corrected chi connectivity index (χ0v) is 22.3. The van der Waals surface area contributed by atoms with Gasteiger partial charge >= 0.3 is 0 Å². The molecule has 0 saturated heterocycles. The van der Waals surface area contributed by atoms with Crippen molar-refractivity contribution in [2.45, 2.75) is 26.3 Å². The lowest BCUT2D eigenvalue weighted by Crippen LogP contribution is -2.31. The number of hydrogen-bond donors (Lipinski definition) is 1. The molecule has 3 heterocycles. The van der Waals surface area contributed by atoms with Crippen LogP contribution >= 0.6 is 11.3 Å². The average Bonchev–Trinajstić information content (AvgIpc) is 3.50. The molecule has 6 rings (SSSR count). The molecule has 2 aliphatic rings. The molecule has 1 amide bonds. The number of Topliss-reactive ketones (excluding diaryl/α,β-unsaturated/α-hetero) is 1. The number of rotatable bonds is 6. The van der Waals surface area contributed by atoms with Gasteiger partial charge in [0.1, 0.15) is 18.2 Å². The minimum atomic E-state index is -0.833. The molecular formula is C31H26N2O5S. The van der Waals surface area contributed by atoms with Gasteiger partial charge < -0.3 is 14.6 Å². The predicted molar refractivity (Wildman–Crippen MR) is 150 cm³/mol. The second-order valence-electron chi connectivity index (χ2n) is 9.39. The van der Waals surface area contributed by atoms with Crippen molar-refractivity contribution in [3.63, 3.8) is 0 Å². The van der Waals surface area contributed by atoms with Gasteiger partial charge in [-0.15, -0.1) is 11.3 Å². The van der Waals surface area contributed by atoms with E-state index in [2.05, 4.69) is 11.9 Å². The SMILES string of the molecule is CCc1ccc(C2C(C(=O)c3sc(-c4ccccc4)nc3C)=C(O)C(=O)N2c2ccc3c(c2)OCCO3)cc1. The van der Waals surface area contributed by atoms with Crippen LogP contribution in [0.5, 0.6) is 11.5 Å². The molecule has 1 N–H and O–H groups in total. The minimum Gasteiger partial charge on any atom is -0.503 e. The third-order valence-corrected chi connectivity index (χ3v) is 8.19. The summed E-state index contributed by atoms with van der Waals surface area (Å²) in [5.74, 6) is -0.527. The van der Waals surface area contributed by atoms with E-state index in [0.717, 1.165) is 17.5 Å². The van der Waals surface area contributed by atoms with Crippen LogP contribution in [0.4, 0.5) is 5.69 Å². The van der Waals surface area contributed by atoms with E-state index in [1.54, 1.807) is 25.1 Å². The van der Waals surface area contributed by atoms with Crippen molar-refractivity contribution in [3.05, 3.63) is 106 Å². The maximum atomic E-state index is 14.1. The molecule has 0 spiro atoms. The smallest absolute Gasteiger partial charge is 0.294 e. The van der Waals surface area contributed by atoms with Crippen LogP contribution in [0, 0.1) is 6.92 Å². The number of amides is 1. The number of ketones is 1. The molecule has 39 heavy (non-hydrogen) atoms. The highest BCUT2D eigenvalue weighted by Gasteiger charge is 2.45. The highest BCUT2D eigenvalue weighted by Crippen LogP contribution is 2.45. The summed E-state index contributed by atoms with van der Waals surface area (Å²) in [6.07, 6.45) is 0.852. The highest BCUT2D eigenvalue weighted by atomic mass is 32.1. The van der Waals surface area contributed by atoms with Crippen LogP contribution in [0.25, 0.3) is 10.6 Å². The Morgan fingerprint density at radius 3 is 2.46 bits per heavy atom. The van der Waals surface area contributed by atoms with Crippen LogP contribution in [0.3, 0.4) is 0 Å². The van der Waals surface area contributed by atoms with Gasteiger partial charge in [0.15, 0.2) is 17.3 Å². The lowest BCUT2D eigenvalue weighted by atomic mass is 9.94. The number of anilines is 1. The van der Waals surface area contributed by atoms with E-state index in [1.807, 2.05) is 54.6 Å². The van der Waals surface area contributed by atoms with Gasteiger partial charge in [0.25, 0.3) is 5.91 Å². The van der Waals surface area contributed by atoms with E-state index in [9.17, 15) is 14.7 Å². The average molecular weight is 539 g/mol. The molecule has 3 aromatic carbocycles. The number of thiazole rings is 1. The summed E-state index contributed by atoms with van der Waals surface area (Å²) in [4.78, 5) is 34.2. The second kappa shape index (κ2) is 10.0. The number of ether oxygens (including phenoxy) is 2. The first kappa shape index (κ1) is 24.9. The number of carbonyl (C=O) groups is 2. The number of aliphatic hydroxyl groups is 1. The fraction of sp³-hybridized carbons (Fsp3) is 0.194. The van der Waals surface area contributed by atoms with E-state index in [-0.39, 0.29) is 5.57 Å². The molecule has 0 bridgehead atoms. The summed E-state index contributed by atoms with van der Waals surface area (Å²) in [6, 6.07) is 21.7. The normalized spacial score (nSPS) is 16.6. The summed E-state index contributed by atoms with van der Waals surface area (Å²) in [7, 11) is 0. The van der Waals surface area contributed by atoms with Gasteiger partial charge in [0.2, 0.25) is 5.78 Å². The van der Waals surface area contributed by atoms with Gasteiger partial charge in [0.05, 0.1) is 22.2 Å². The minimum absolute atomic E-state index is 0.0329. The maximum Gasteiger partial charge on any atom is 0.294 e. The third kappa shape index (κ3) is 4.36. The predicted octanol–water partition coefficient (Wildman–Crippen LogP) is 6.24. The molecule has 0 saturated carbocycles. The van der Waals surface area contributed by atoms with Crippen molar-refractivity contribution in [2.24, 2.45) is 0 Å². The van der Waals surface area contributed by atoms with Gasteiger partial charge in [0, 0.05) is 17.3 Å². The Hall–Kier alpha value is -4.43. The molecule has 0 aliphatic carbocycles. The molecule has 1 unspecified atom stereocenters. The summed E-state index contributed by atoms with van der Waals surface area (Å²) in [6.45, 7) is 4.68. The largest absolute Gasteiger partial charge is 0.503 e. The van der Waals surface area contributed by atoms with Crippen molar-refractivity contribution < 1.29 is 24.2 Å². The molecule has 2 aliphatic heterocycles. The Kier molecular flexibility index (Phi) is 6.40. The van der Waals surface area contributed by atoms with Crippen LogP contribution < -0.4 is 14.4 Å². The zero-order chi connectivity index (χ0) is 27.1. The first-order valence-electron chi connectivity index (χ1n) is 12.8. The summed E-state index contributed by atoms with van der Waals surface area (Å²) >= 11 is 1.26. The van der Waals surface area contributed by atoms with Crippen molar-refractivity contribution in [1.82, 2.24) is 4.98 Å². The Bertz CT molecular complexity index is 1610. The number of aryl methyl sites for hydroxylation is 2. The quantitative estimate of drug-likeness (QED) is 0.293. The van der Waals surface area contributed by atoms with Gasteiger partial charge in [-0.3, -0.25) is 14.5 Å². The van der Waals surface area contributed by atoms with Crippen LogP contribution in [0.15, 0.2) is 84.1 Å². The zero-order valence-electron chi connectivity index (χ0n) is 21.5. The molecule has 196 valence electrons. The molecule has 0 fully saturated rings. The van der Waals surface area contributed by atoms with Gasteiger partial charge in [-0.25, -0.2) is 4.98 Å². The van der Waals surface area contributed by atoms with Crippen molar-refractivity contribution in [1.29, 1.82) is 0 Å². The van der Waals surface area contributed by atoms with Crippen molar-refractivity contribution in [3.8, 4) is 22.1 Å². The standard InChI is InChI=1S/C31H26N2O5S/c1-3-19-9-11-20(12-10-19)26-25(27(34)29-18(2)32-30(39-29)21-7-5-4-6-8-21)28(35)31(36)33(26)22-13-14-23-24(17-22)38-16-15-37-23/h4-14,17,26,35H,3,15-16H2,1-2H3. The Morgan fingerprint density at radius 1 is 1.03 bits per heavy atom. The number of nitrogens with zero attached hydrogens (tertiary/aromatic N) is 2. The second-order valence-corrected chi connectivity index (χ2v) is 10.4. The van der Waals surface area contributed by atoms with Crippen LogP contribution in [-0.4, -0.2) is 35.0 Å². The Morgan fingerprint density at radius 2 is 1.74 bits per heavy atom. The topological polar surface area (TPSA) is 89.0 Å². The van der Waals surface area contributed by atoms with Crippen LogP contribution in [-0.2, 0) is 11.2 Å². The number of fused-ring (bicyclic) bond motifs is 1. The first-order valence-corrected chi connectivity index (χ1v) is 13.6. The summed E-state index contributed by atoms with van der Waals surface area (Å²) in [5, 5.41) is 11.9. The molecular weight excluding hydrogens is 512 g/mol. The van der Waals surface area contributed by atoms with E-state index in [0.29, 0.717) is 51.5 Å². The van der Waals surface area contributed by atoms with Gasteiger partial charge in [-0.05, 0) is 36.6 Å². The first-order chi connectivity index (χ1) is 19.0. The molecule has 1 atom stereocenters. The molecule has 0 radical (unpaired) electrons. The Labute approximate surface area is 230 Å². The lowest BCUT2D eigenvalue weighted by Gasteiger charge is -2.28. The highest BCUT2D eigenvalue weighted by molar-refractivity contribution is 7.17. The summed E-state index contributed by atoms with van der Waals surface area (Å²) in [5.41, 5.74) is 3.82. The van der Waals surface area contributed by atoms with Crippen LogP contribution in [0.2, 0.25) is 0 Å². The van der Waals surface area contributed by atoms with Gasteiger partial charge in [-0.2, -0.15) is 0 Å². The Balaban J connectivity index is 1.46. The van der Waals surface area contributed by atoms with Crippen molar-refractivity contribution >= 4 is 28.7 Å². The fourth-order valence-electron chi connectivity index (χ4n) is 4.97. The number of aliphatic hydroxyl groups excluding tert-OH is 1. The maximum absolute atomic E-state index is 14.1. The molecule has 8 heteroatoms. The number of carbonyl (C=O) groups excluding carboxylic acids is 2. The number of hydrogen-bond acceptors (Lipinski definition) is 7. The number of aromatic nitrogens is 1. The monoisotopic (exact) mass is 538 g/mol.